The van der Waals surface area contributed by atoms with Crippen LogP contribution in [0, 0.1) is 17.8 Å². The predicted octanol–water partition coefficient (Wildman–Crippen LogP) is -0.946. The van der Waals surface area contributed by atoms with E-state index in [1.54, 1.807) is 4.90 Å². The molecule has 0 aromatic rings. The number of nitrogens with zero attached hydrogens (tertiary/aromatic N) is 3. The van der Waals surface area contributed by atoms with Gasteiger partial charge in [-0.2, -0.15) is 0 Å². The van der Waals surface area contributed by atoms with Gasteiger partial charge in [-0.1, -0.05) is 0 Å². The summed E-state index contributed by atoms with van der Waals surface area (Å²) in [5, 5.41) is 55.9. The zero-order valence-electron chi connectivity index (χ0n) is 26.3. The van der Waals surface area contributed by atoms with Gasteiger partial charge in [-0.25, -0.2) is 4.39 Å². The molecule has 7 N–H and O–H groups in total. The molecule has 5 fully saturated rings. The number of carbonyl (C=O) groups is 1. The van der Waals surface area contributed by atoms with Crippen LogP contribution in [-0.2, 0) is 9.53 Å². The minimum Gasteiger partial charge on any atom is -0.394 e. The molecule has 1 saturated carbocycles. The molecule has 12 nitrogen and oxygen atoms in total. The van der Waals surface area contributed by atoms with E-state index in [1.165, 1.54) is 12.8 Å². The van der Waals surface area contributed by atoms with Crippen LogP contribution in [0.4, 0.5) is 4.39 Å². The summed E-state index contributed by atoms with van der Waals surface area (Å²) >= 11 is 6.16. The molecule has 4 heterocycles. The van der Waals surface area contributed by atoms with Crippen LogP contribution in [0.2, 0.25) is 0 Å². The highest BCUT2D eigenvalue weighted by Crippen LogP contribution is 2.36. The van der Waals surface area contributed by atoms with Crippen LogP contribution in [0.25, 0.3) is 0 Å². The molecule has 9 atom stereocenters. The van der Waals surface area contributed by atoms with Gasteiger partial charge in [-0.15, -0.1) is 11.6 Å². The first kappa shape index (κ1) is 35.6. The fourth-order valence-corrected chi connectivity index (χ4v) is 8.13. The molecule has 4 saturated heterocycles. The molecule has 1 amide bonds. The van der Waals surface area contributed by atoms with E-state index in [2.05, 4.69) is 15.5 Å². The number of halogens is 2. The van der Waals surface area contributed by atoms with Crippen molar-refractivity contribution in [3.8, 4) is 0 Å². The van der Waals surface area contributed by atoms with Crippen molar-refractivity contribution < 1.29 is 39.5 Å². The van der Waals surface area contributed by atoms with Gasteiger partial charge < -0.3 is 35.2 Å². The Morgan fingerprint density at radius 3 is 2.38 bits per heavy atom. The van der Waals surface area contributed by atoms with Crippen LogP contribution in [-0.4, -0.2) is 166 Å². The van der Waals surface area contributed by atoms with Crippen molar-refractivity contribution in [3.63, 3.8) is 0 Å². The third-order valence-electron chi connectivity index (χ3n) is 10.9. The van der Waals surface area contributed by atoms with Crippen molar-refractivity contribution in [1.29, 1.82) is 0 Å². The summed E-state index contributed by atoms with van der Waals surface area (Å²) in [7, 11) is 0. The summed E-state index contributed by atoms with van der Waals surface area (Å²) in [6, 6.07) is 0.0404. The van der Waals surface area contributed by atoms with E-state index in [9.17, 15) is 25.2 Å². The second kappa shape index (κ2) is 16.6. The molecular weight excluding hydrogens is 609 g/mol. The third kappa shape index (κ3) is 9.26. The first-order valence-corrected chi connectivity index (χ1v) is 17.5. The van der Waals surface area contributed by atoms with Crippen molar-refractivity contribution in [3.05, 3.63) is 0 Å². The van der Waals surface area contributed by atoms with E-state index in [0.29, 0.717) is 45.0 Å². The van der Waals surface area contributed by atoms with Crippen LogP contribution < -0.4 is 10.6 Å². The van der Waals surface area contributed by atoms with Gasteiger partial charge in [0.25, 0.3) is 0 Å². The molecular formula is C31H55ClFN5O7. The number of aliphatic hydroxyl groups excluding tert-OH is 5. The van der Waals surface area contributed by atoms with E-state index >= 15 is 4.39 Å². The number of ether oxygens (including phenoxy) is 1. The quantitative estimate of drug-likeness (QED) is 0.0907. The number of hydrogen-bond donors (Lipinski definition) is 7. The Kier molecular flexibility index (Phi) is 13.1. The lowest BCUT2D eigenvalue weighted by Crippen LogP contribution is -2.62. The maximum Gasteiger partial charge on any atom is 0.223 e. The number of alkyl halides is 2. The van der Waals surface area contributed by atoms with Gasteiger partial charge >= 0.3 is 0 Å². The highest BCUT2D eigenvalue weighted by molar-refractivity contribution is 6.21. The van der Waals surface area contributed by atoms with E-state index in [-0.39, 0.29) is 54.5 Å². The number of piperidine rings is 1. The topological polar surface area (TPSA) is 161 Å². The molecule has 0 radical (unpaired) electrons. The number of β-amino-alcohol motifs (C(OH)–C–C–N with tert-alkyl or cyclic N) is 1. The number of carbonyl (C=O) groups excluding carboxylic acids is 1. The van der Waals surface area contributed by atoms with Gasteiger partial charge in [0.2, 0.25) is 5.91 Å². The monoisotopic (exact) mass is 663 g/mol. The van der Waals surface area contributed by atoms with Crippen LogP contribution in [0.3, 0.4) is 0 Å². The highest BCUT2D eigenvalue weighted by atomic mass is 35.5. The number of nitrogens with one attached hydrogen (secondary N) is 2. The largest absolute Gasteiger partial charge is 0.394 e. The Hall–Kier alpha value is -0.710. The summed E-state index contributed by atoms with van der Waals surface area (Å²) in [6.07, 6.45) is -0.590. The lowest BCUT2D eigenvalue weighted by atomic mass is 9.83. The van der Waals surface area contributed by atoms with Gasteiger partial charge in [0, 0.05) is 83.8 Å². The predicted molar refractivity (Wildman–Crippen MR) is 166 cm³/mol. The Morgan fingerprint density at radius 1 is 0.978 bits per heavy atom. The first-order chi connectivity index (χ1) is 21.6. The SMILES string of the molecule is O=C(CC1CCC(OCCCC2CCN(C3NCC(Cl)CN3)CC2)CC1F)N1C[C@H]2CN(C[C@H](O)[C@@H](O)[C@H](O)[C@H](O)CO)[C@H]2C1. The lowest BCUT2D eigenvalue weighted by molar-refractivity contribution is -0.132. The Labute approximate surface area is 271 Å². The molecule has 14 heteroatoms. The van der Waals surface area contributed by atoms with E-state index in [1.807, 2.05) is 4.90 Å². The van der Waals surface area contributed by atoms with Crippen molar-refractivity contribution in [2.75, 3.05) is 65.6 Å². The fraction of sp³-hybridized carbons (Fsp3) is 0.968. The molecule has 1 aliphatic carbocycles. The molecule has 0 aromatic carbocycles. The van der Waals surface area contributed by atoms with Crippen LogP contribution in [0.15, 0.2) is 0 Å². The summed E-state index contributed by atoms with van der Waals surface area (Å²) in [5.74, 6) is 0.627. The minimum atomic E-state index is -1.66. The molecule has 3 unspecified atom stereocenters. The molecule has 0 bridgehead atoms. The molecule has 260 valence electrons. The molecule has 0 aromatic heterocycles. The zero-order chi connectivity index (χ0) is 32.1. The Morgan fingerprint density at radius 2 is 1.69 bits per heavy atom. The van der Waals surface area contributed by atoms with Gasteiger partial charge in [0.05, 0.1) is 24.2 Å². The average molecular weight is 664 g/mol. The molecule has 45 heavy (non-hydrogen) atoms. The van der Waals surface area contributed by atoms with Crippen LogP contribution in [0.1, 0.15) is 51.4 Å². The second-order valence-electron chi connectivity index (χ2n) is 14.1. The number of hydrogen-bond acceptors (Lipinski definition) is 11. The summed E-state index contributed by atoms with van der Waals surface area (Å²) < 4.78 is 21.3. The maximum atomic E-state index is 15.2. The Balaban J connectivity index is 0.932. The smallest absolute Gasteiger partial charge is 0.223 e. The van der Waals surface area contributed by atoms with E-state index < -0.39 is 37.2 Å². The Bertz CT molecular complexity index is 931. The van der Waals surface area contributed by atoms with E-state index in [4.69, 9.17) is 21.4 Å². The number of likely N-dealkylation sites (tertiary alicyclic amines) is 3. The zero-order valence-corrected chi connectivity index (χ0v) is 27.1. The molecule has 5 rings (SSSR count). The molecule has 4 aliphatic heterocycles. The standard InChI is InChI=1S/C31H55ClFN5O7/c32-22-12-34-31(35-13-22)36-7-5-19(6-8-36)2-1-9-45-23-4-3-20(24(33)11-23)10-28(42)38-15-21-14-37(25(21)16-38)17-26(40)29(43)30(44)27(41)18-39/h19-27,29-31,34-35,39-41,43-44H,1-18H2/t20?,21-,22?,23?,24?,25+,26+,27-,29-,30-,31?/m1/s1. The normalized spacial score (nSPS) is 36.2. The van der Waals surface area contributed by atoms with Crippen LogP contribution >= 0.6 is 11.6 Å². The van der Waals surface area contributed by atoms with Crippen LogP contribution in [0.5, 0.6) is 0 Å². The first-order valence-electron chi connectivity index (χ1n) is 17.1. The summed E-state index contributed by atoms with van der Waals surface area (Å²) in [5.41, 5.74) is 0. The molecule has 0 spiro atoms. The highest BCUT2D eigenvalue weighted by Gasteiger charge is 2.48. The van der Waals surface area contributed by atoms with Gasteiger partial charge in [-0.05, 0) is 50.4 Å². The average Bonchev–Trinajstić information content (AvgIpc) is 3.39. The number of rotatable bonds is 14. The molecule has 5 aliphatic rings. The third-order valence-corrected chi connectivity index (χ3v) is 11.2. The summed E-state index contributed by atoms with van der Waals surface area (Å²) in [6.45, 7) is 5.57. The van der Waals surface area contributed by atoms with Gasteiger partial charge in [0.15, 0.2) is 0 Å². The van der Waals surface area contributed by atoms with Crippen molar-refractivity contribution in [2.45, 2.75) is 106 Å². The van der Waals surface area contributed by atoms with E-state index in [0.717, 1.165) is 45.4 Å². The number of aliphatic hydroxyl groups is 5. The maximum absolute atomic E-state index is 15.2. The van der Waals surface area contributed by atoms with Crippen molar-refractivity contribution >= 4 is 17.5 Å². The van der Waals surface area contributed by atoms with Crippen molar-refractivity contribution in [1.82, 2.24) is 25.3 Å². The second-order valence-corrected chi connectivity index (χ2v) is 14.7. The van der Waals surface area contributed by atoms with Gasteiger partial charge in [0.1, 0.15) is 30.8 Å². The fourth-order valence-electron chi connectivity index (χ4n) is 7.95. The lowest BCUT2D eigenvalue weighted by Gasteiger charge is -2.45. The number of amides is 1. The number of fused-ring (bicyclic) bond motifs is 1. The van der Waals surface area contributed by atoms with Gasteiger partial charge in [-0.3, -0.25) is 25.2 Å². The minimum absolute atomic E-state index is 0.0391. The van der Waals surface area contributed by atoms with Crippen molar-refractivity contribution in [2.24, 2.45) is 17.8 Å². The summed E-state index contributed by atoms with van der Waals surface area (Å²) in [4.78, 5) is 19.3.